The first-order chi connectivity index (χ1) is 9.67. The van der Waals surface area contributed by atoms with Crippen molar-refractivity contribution in [2.24, 2.45) is 0 Å². The van der Waals surface area contributed by atoms with Gasteiger partial charge in [0, 0.05) is 28.8 Å². The average molecular weight is 339 g/mol. The number of nitrogens with one attached hydrogen (secondary N) is 1. The second-order valence-electron chi connectivity index (χ2n) is 4.37. The van der Waals surface area contributed by atoms with Gasteiger partial charge in [-0.1, -0.05) is 28.9 Å². The van der Waals surface area contributed by atoms with Crippen LogP contribution in [0.25, 0.3) is 0 Å². The van der Waals surface area contributed by atoms with Gasteiger partial charge in [0.25, 0.3) is 0 Å². The molecule has 0 saturated carbocycles. The second kappa shape index (κ2) is 7.24. The zero-order chi connectivity index (χ0) is 14.4. The molecule has 1 aromatic heterocycles. The zero-order valence-electron chi connectivity index (χ0n) is 11.2. The highest BCUT2D eigenvalue weighted by atomic mass is 79.9. The molecule has 1 heterocycles. The minimum Gasteiger partial charge on any atom is -0.489 e. The van der Waals surface area contributed by atoms with Gasteiger partial charge in [-0.05, 0) is 24.6 Å². The molecule has 5 heteroatoms. The first-order valence-electron chi connectivity index (χ1n) is 6.45. The van der Waals surface area contributed by atoms with Crippen LogP contribution >= 0.6 is 15.9 Å². The number of halogens is 2. The van der Waals surface area contributed by atoms with Gasteiger partial charge in [-0.15, -0.1) is 0 Å². The van der Waals surface area contributed by atoms with E-state index in [4.69, 9.17) is 4.74 Å². The minimum absolute atomic E-state index is 0.327. The standard InChI is InChI=1S/C15H16BrFN2O/c1-2-5-18-15-4-3-11(9-19-15)10-20-14-7-12(16)6-13(17)8-14/h3-4,6-9H,2,5,10H2,1H3,(H,18,19). The maximum atomic E-state index is 13.2. The molecule has 1 aromatic carbocycles. The molecule has 1 N–H and O–H groups in total. The van der Waals surface area contributed by atoms with Crippen molar-refractivity contribution in [2.75, 3.05) is 11.9 Å². The molecule has 20 heavy (non-hydrogen) atoms. The summed E-state index contributed by atoms with van der Waals surface area (Å²) in [5.74, 6) is 1.01. The number of anilines is 1. The fourth-order valence-corrected chi connectivity index (χ4v) is 2.09. The first-order valence-corrected chi connectivity index (χ1v) is 7.24. The number of pyridine rings is 1. The van der Waals surface area contributed by atoms with Crippen LogP contribution in [0.5, 0.6) is 5.75 Å². The maximum absolute atomic E-state index is 13.2. The largest absolute Gasteiger partial charge is 0.489 e. The molecule has 0 aliphatic carbocycles. The Balaban J connectivity index is 1.93. The lowest BCUT2D eigenvalue weighted by molar-refractivity contribution is 0.304. The van der Waals surface area contributed by atoms with E-state index in [1.807, 2.05) is 12.1 Å². The third-order valence-electron chi connectivity index (χ3n) is 2.62. The average Bonchev–Trinajstić information content (AvgIpc) is 2.43. The molecule has 106 valence electrons. The highest BCUT2D eigenvalue weighted by Crippen LogP contribution is 2.21. The van der Waals surface area contributed by atoms with Gasteiger partial charge in [-0.3, -0.25) is 0 Å². The predicted octanol–water partition coefficient (Wildman–Crippen LogP) is 4.38. The van der Waals surface area contributed by atoms with Gasteiger partial charge in [-0.2, -0.15) is 0 Å². The third kappa shape index (κ3) is 4.49. The van der Waals surface area contributed by atoms with Crippen molar-refractivity contribution in [3.63, 3.8) is 0 Å². The van der Waals surface area contributed by atoms with Crippen molar-refractivity contribution in [1.29, 1.82) is 0 Å². The summed E-state index contributed by atoms with van der Waals surface area (Å²) < 4.78 is 19.4. The summed E-state index contributed by atoms with van der Waals surface area (Å²) in [7, 11) is 0. The van der Waals surface area contributed by atoms with Crippen molar-refractivity contribution >= 4 is 21.7 Å². The summed E-state index contributed by atoms with van der Waals surface area (Å²) in [6, 6.07) is 8.33. The number of ether oxygens (including phenoxy) is 1. The molecule has 2 aromatic rings. The van der Waals surface area contributed by atoms with Crippen molar-refractivity contribution in [3.8, 4) is 5.75 Å². The SMILES string of the molecule is CCCNc1ccc(COc2cc(F)cc(Br)c2)cn1. The number of hydrogen-bond donors (Lipinski definition) is 1. The Morgan fingerprint density at radius 2 is 2.15 bits per heavy atom. The Labute approximate surface area is 126 Å². The van der Waals surface area contributed by atoms with Crippen LogP contribution in [-0.2, 0) is 6.61 Å². The summed E-state index contributed by atoms with van der Waals surface area (Å²) in [6.07, 6.45) is 2.81. The minimum atomic E-state index is -0.327. The first kappa shape index (κ1) is 14.8. The number of rotatable bonds is 6. The topological polar surface area (TPSA) is 34.1 Å². The highest BCUT2D eigenvalue weighted by molar-refractivity contribution is 9.10. The molecule has 0 saturated heterocycles. The molecule has 3 nitrogen and oxygen atoms in total. The quantitative estimate of drug-likeness (QED) is 0.848. The summed E-state index contributed by atoms with van der Waals surface area (Å²) in [5.41, 5.74) is 0.937. The van der Waals surface area contributed by atoms with E-state index in [2.05, 4.69) is 33.2 Å². The van der Waals surface area contributed by atoms with E-state index in [1.165, 1.54) is 12.1 Å². The molecular formula is C15H16BrFN2O. The normalized spacial score (nSPS) is 10.3. The molecule has 2 rings (SSSR count). The van der Waals surface area contributed by atoms with Gasteiger partial charge in [0.05, 0.1) is 0 Å². The monoisotopic (exact) mass is 338 g/mol. The lowest BCUT2D eigenvalue weighted by Crippen LogP contribution is -2.02. The molecular weight excluding hydrogens is 323 g/mol. The van der Waals surface area contributed by atoms with Crippen molar-refractivity contribution in [2.45, 2.75) is 20.0 Å². The summed E-state index contributed by atoms with van der Waals surface area (Å²) in [5, 5.41) is 3.20. The van der Waals surface area contributed by atoms with E-state index in [0.717, 1.165) is 24.3 Å². The lowest BCUT2D eigenvalue weighted by Gasteiger charge is -2.08. The lowest BCUT2D eigenvalue weighted by atomic mass is 10.3. The van der Waals surface area contributed by atoms with Gasteiger partial charge >= 0.3 is 0 Å². The van der Waals surface area contributed by atoms with Gasteiger partial charge < -0.3 is 10.1 Å². The number of hydrogen-bond acceptors (Lipinski definition) is 3. The van der Waals surface area contributed by atoms with E-state index in [0.29, 0.717) is 16.8 Å². The maximum Gasteiger partial charge on any atom is 0.128 e. The molecule has 0 fully saturated rings. The molecule has 0 radical (unpaired) electrons. The molecule has 0 spiro atoms. The van der Waals surface area contributed by atoms with Crippen molar-refractivity contribution in [3.05, 3.63) is 52.4 Å². The number of benzene rings is 1. The van der Waals surface area contributed by atoms with Gasteiger partial charge in [-0.25, -0.2) is 9.37 Å². The molecule has 0 amide bonds. The second-order valence-corrected chi connectivity index (χ2v) is 5.29. The molecule has 0 bridgehead atoms. The number of aromatic nitrogens is 1. The van der Waals surface area contributed by atoms with Crippen LogP contribution in [0.4, 0.5) is 10.2 Å². The molecule has 0 aliphatic heterocycles. The van der Waals surface area contributed by atoms with Crippen LogP contribution in [0, 0.1) is 5.82 Å². The third-order valence-corrected chi connectivity index (χ3v) is 3.08. The Morgan fingerprint density at radius 1 is 1.30 bits per heavy atom. The fourth-order valence-electron chi connectivity index (χ4n) is 1.65. The smallest absolute Gasteiger partial charge is 0.128 e. The van der Waals surface area contributed by atoms with Crippen molar-refractivity contribution in [1.82, 2.24) is 4.98 Å². The van der Waals surface area contributed by atoms with Crippen LogP contribution in [0.2, 0.25) is 0 Å². The number of nitrogens with zero attached hydrogens (tertiary/aromatic N) is 1. The van der Waals surface area contributed by atoms with Crippen LogP contribution < -0.4 is 10.1 Å². The molecule has 0 aliphatic rings. The van der Waals surface area contributed by atoms with Crippen LogP contribution in [0.15, 0.2) is 41.0 Å². The molecule has 0 unspecified atom stereocenters. The summed E-state index contributed by atoms with van der Waals surface area (Å²) in [4.78, 5) is 4.29. The van der Waals surface area contributed by atoms with Gasteiger partial charge in [0.15, 0.2) is 0 Å². The summed E-state index contributed by atoms with van der Waals surface area (Å²) >= 11 is 3.23. The Kier molecular flexibility index (Phi) is 5.35. The van der Waals surface area contributed by atoms with Crippen LogP contribution in [-0.4, -0.2) is 11.5 Å². The zero-order valence-corrected chi connectivity index (χ0v) is 12.8. The van der Waals surface area contributed by atoms with E-state index >= 15 is 0 Å². The van der Waals surface area contributed by atoms with E-state index < -0.39 is 0 Å². The Bertz CT molecular complexity index is 540. The summed E-state index contributed by atoms with van der Waals surface area (Å²) in [6.45, 7) is 3.36. The van der Waals surface area contributed by atoms with Crippen LogP contribution in [0.3, 0.4) is 0 Å². The van der Waals surface area contributed by atoms with E-state index in [-0.39, 0.29) is 5.82 Å². The Morgan fingerprint density at radius 3 is 2.80 bits per heavy atom. The van der Waals surface area contributed by atoms with E-state index in [9.17, 15) is 4.39 Å². The van der Waals surface area contributed by atoms with Crippen molar-refractivity contribution < 1.29 is 9.13 Å². The highest BCUT2D eigenvalue weighted by Gasteiger charge is 2.01. The van der Waals surface area contributed by atoms with Gasteiger partial charge in [0.1, 0.15) is 24.0 Å². The van der Waals surface area contributed by atoms with Crippen LogP contribution in [0.1, 0.15) is 18.9 Å². The Hall–Kier alpha value is -1.62. The molecule has 0 atom stereocenters. The van der Waals surface area contributed by atoms with E-state index in [1.54, 1.807) is 12.3 Å². The fraction of sp³-hybridized carbons (Fsp3) is 0.267. The van der Waals surface area contributed by atoms with Gasteiger partial charge in [0.2, 0.25) is 0 Å². The predicted molar refractivity (Wildman–Crippen MR) is 81.4 cm³/mol.